The summed E-state index contributed by atoms with van der Waals surface area (Å²) in [7, 11) is 0. The van der Waals surface area contributed by atoms with Gasteiger partial charge in [-0.25, -0.2) is 14.8 Å². The van der Waals surface area contributed by atoms with E-state index in [2.05, 4.69) is 262 Å². The van der Waals surface area contributed by atoms with Crippen molar-refractivity contribution in [3.8, 4) is 55.6 Å². The predicted molar refractivity (Wildman–Crippen MR) is 354 cm³/mol. The summed E-state index contributed by atoms with van der Waals surface area (Å²) in [6.45, 7) is 43.6. The van der Waals surface area contributed by atoms with E-state index < -0.39 is 0 Å². The average Bonchev–Trinajstić information content (AvgIpc) is 4.32. The molecule has 5 heterocycles. The minimum absolute atomic E-state index is 0.114. The second-order valence-corrected chi connectivity index (χ2v) is 29.3. The fourth-order valence-corrected chi connectivity index (χ4v) is 11.2. The fraction of sp³-hybridized carbons (Fsp3) is 0.338. The van der Waals surface area contributed by atoms with Crippen molar-refractivity contribution in [2.24, 2.45) is 0 Å². The number of benzene rings is 5. The Balaban J connectivity index is 1.37. The van der Waals surface area contributed by atoms with Gasteiger partial charge >= 0.3 is 5.97 Å². The van der Waals surface area contributed by atoms with Crippen LogP contribution in [0.2, 0.25) is 0 Å². The first-order valence-corrected chi connectivity index (χ1v) is 29.8. The third-order valence-electron chi connectivity index (χ3n) is 16.5. The molecule has 0 atom stereocenters. The van der Waals surface area contributed by atoms with Crippen molar-refractivity contribution in [2.45, 2.75) is 164 Å². The van der Waals surface area contributed by atoms with Crippen LogP contribution in [0, 0.1) is 0 Å². The maximum absolute atomic E-state index is 12.6. The van der Waals surface area contributed by atoms with E-state index in [-0.39, 0.29) is 38.5 Å². The molecule has 0 radical (unpaired) electrons. The van der Waals surface area contributed by atoms with Crippen LogP contribution in [0.4, 0.5) is 0 Å². The van der Waals surface area contributed by atoms with Gasteiger partial charge in [-0.3, -0.25) is 0 Å². The molecular weight excluding hydrogens is 1010 g/mol. The van der Waals surface area contributed by atoms with Crippen molar-refractivity contribution in [1.82, 2.24) is 19.9 Å². The lowest BCUT2D eigenvalue weighted by Gasteiger charge is -2.26. The van der Waals surface area contributed by atoms with Crippen molar-refractivity contribution in [3.63, 3.8) is 0 Å². The maximum atomic E-state index is 12.6. The summed E-state index contributed by atoms with van der Waals surface area (Å²) in [5, 5.41) is 0. The van der Waals surface area contributed by atoms with Gasteiger partial charge < -0.3 is 14.7 Å². The van der Waals surface area contributed by atoms with Gasteiger partial charge in [0.05, 0.1) is 34.9 Å². The molecule has 2 aliphatic rings. The van der Waals surface area contributed by atoms with E-state index in [1.165, 1.54) is 33.4 Å². The van der Waals surface area contributed by atoms with E-state index in [0.717, 1.165) is 100 Å². The van der Waals surface area contributed by atoms with Gasteiger partial charge in [-0.2, -0.15) is 0 Å². The molecule has 0 amide bonds. The molecule has 0 aliphatic carbocycles. The zero-order valence-electron chi connectivity index (χ0n) is 52.9. The van der Waals surface area contributed by atoms with Crippen LogP contribution in [0.1, 0.15) is 198 Å². The summed E-state index contributed by atoms with van der Waals surface area (Å²) in [5.74, 6) is -0.322. The number of H-pyrrole nitrogens is 2. The molecule has 426 valence electrons. The van der Waals surface area contributed by atoms with Crippen molar-refractivity contribution in [3.05, 3.63) is 189 Å². The second kappa shape index (κ2) is 21.1. The highest BCUT2D eigenvalue weighted by Gasteiger charge is 2.28. The molecule has 5 aromatic carbocycles. The van der Waals surface area contributed by atoms with E-state index in [1.807, 2.05) is 31.2 Å². The third kappa shape index (κ3) is 12.0. The number of nitrogens with zero attached hydrogens (tertiary/aromatic N) is 2. The van der Waals surface area contributed by atoms with E-state index in [4.69, 9.17) is 14.7 Å². The number of hydrogen-bond donors (Lipinski definition) is 2. The Morgan fingerprint density at radius 2 is 0.578 bits per heavy atom. The highest BCUT2D eigenvalue weighted by atomic mass is 16.5. The average molecular weight is 1100 g/mol. The lowest BCUT2D eigenvalue weighted by atomic mass is 9.78. The predicted octanol–water partition coefficient (Wildman–Crippen LogP) is 21.0. The summed E-state index contributed by atoms with van der Waals surface area (Å²) in [5.41, 5.74) is 25.2. The Morgan fingerprint density at radius 3 is 0.831 bits per heavy atom. The van der Waals surface area contributed by atoms with Gasteiger partial charge in [0.25, 0.3) is 0 Å². The second-order valence-electron chi connectivity index (χ2n) is 29.3. The number of nitrogens with one attached hydrogen (secondary N) is 2. The van der Waals surface area contributed by atoms with Crippen LogP contribution in [0.25, 0.3) is 102 Å². The van der Waals surface area contributed by atoms with Crippen LogP contribution in [-0.4, -0.2) is 32.5 Å². The third-order valence-corrected chi connectivity index (χ3v) is 16.5. The zero-order valence-corrected chi connectivity index (χ0v) is 52.9. The number of hydrogen-bond acceptors (Lipinski definition) is 4. The summed E-state index contributed by atoms with van der Waals surface area (Å²) >= 11 is 0. The minimum Gasteiger partial charge on any atom is -0.462 e. The molecule has 0 fully saturated rings. The van der Waals surface area contributed by atoms with Crippen LogP contribution in [-0.2, 0) is 37.2 Å². The van der Waals surface area contributed by atoms with E-state index >= 15 is 0 Å². The number of rotatable bonds is 7. The SMILES string of the molecule is CCOC(=O)c1ccc(-c2ccc(-c3c4nc(c(-c5cc(C(C)(C)C)cc(C(C)(C)C)c5)c5ccc([nH]5)c(-c5cc(C(C)(C)C)cc(C(C)(C)C)c5)c5nc(c(-c6cc(C(C)(C)C)cc(C(C)(C)C)c6)c6ccc3[nH]6)C=C5)C=C4)cc2)cc1. The molecule has 2 N–H and O–H groups in total. The number of esters is 1. The first-order chi connectivity index (χ1) is 38.7. The van der Waals surface area contributed by atoms with E-state index in [1.54, 1.807) is 0 Å². The molecule has 0 spiro atoms. The molecule has 0 saturated carbocycles. The minimum atomic E-state index is -0.322. The van der Waals surface area contributed by atoms with Gasteiger partial charge in [0, 0.05) is 44.3 Å². The summed E-state index contributed by atoms with van der Waals surface area (Å²) < 4.78 is 5.29. The molecule has 0 unspecified atom stereocenters. The standard InChI is InChI=1S/C77H86N4O2/c1-20-83-71(82)49-27-23-47(24-28-49)46-21-25-48(26-22-46)67-59-29-31-61(78-59)68(50-37-53(72(2,3)4)43-54(38-50)73(5,6)7)63-33-35-65(80-63)70(52-41-57(76(14,15)16)45-58(42-52)77(17,18)19)66-36-34-64(81-66)69(62-32-30-60(67)79-62)51-39-55(74(8,9)10)44-56(40-51)75(11,12)13/h21-45,78,81H,20H2,1-19H3. The largest absolute Gasteiger partial charge is 0.462 e. The zero-order chi connectivity index (χ0) is 59.9. The maximum Gasteiger partial charge on any atom is 0.338 e. The van der Waals surface area contributed by atoms with Crippen molar-refractivity contribution >= 4 is 52.3 Å². The Morgan fingerprint density at radius 1 is 0.337 bits per heavy atom. The molecule has 10 rings (SSSR count). The molecule has 6 nitrogen and oxygen atoms in total. The Bertz CT molecular complexity index is 3910. The summed E-state index contributed by atoms with van der Waals surface area (Å²) in [6.07, 6.45) is 8.85. The Hall–Kier alpha value is -7.83. The van der Waals surface area contributed by atoms with Crippen LogP contribution in [0.3, 0.4) is 0 Å². The molecule has 8 aromatic rings. The number of carbonyl (C=O) groups excluding carboxylic acids is 1. The Labute approximate surface area is 494 Å². The quantitative estimate of drug-likeness (QED) is 0.156. The van der Waals surface area contributed by atoms with Gasteiger partial charge in [0.1, 0.15) is 0 Å². The molecular formula is C77H86N4O2. The van der Waals surface area contributed by atoms with E-state index in [0.29, 0.717) is 12.2 Å². The highest BCUT2D eigenvalue weighted by molar-refractivity contribution is 6.00. The summed E-state index contributed by atoms with van der Waals surface area (Å²) in [6, 6.07) is 46.8. The lowest BCUT2D eigenvalue weighted by Crippen LogP contribution is -2.16. The van der Waals surface area contributed by atoms with Gasteiger partial charge in [0.15, 0.2) is 0 Å². The number of fused-ring (bicyclic) bond motifs is 8. The number of ether oxygens (including phenoxy) is 1. The van der Waals surface area contributed by atoms with Crippen molar-refractivity contribution in [2.75, 3.05) is 6.61 Å². The van der Waals surface area contributed by atoms with Crippen LogP contribution in [0.5, 0.6) is 0 Å². The topological polar surface area (TPSA) is 83.7 Å². The van der Waals surface area contributed by atoms with Crippen LogP contribution in [0.15, 0.2) is 127 Å². The number of carbonyl (C=O) groups is 1. The van der Waals surface area contributed by atoms with Gasteiger partial charge in [-0.15, -0.1) is 0 Å². The highest BCUT2D eigenvalue weighted by Crippen LogP contribution is 2.44. The number of aromatic nitrogens is 4. The molecule has 2 aliphatic heterocycles. The molecule has 83 heavy (non-hydrogen) atoms. The Kier molecular flexibility index (Phi) is 14.8. The first kappa shape index (κ1) is 58.4. The molecule has 3 aromatic heterocycles. The summed E-state index contributed by atoms with van der Waals surface area (Å²) in [4.78, 5) is 32.3. The fourth-order valence-electron chi connectivity index (χ4n) is 11.2. The van der Waals surface area contributed by atoms with Gasteiger partial charge in [-0.05, 0) is 167 Å². The first-order valence-electron chi connectivity index (χ1n) is 29.8. The lowest BCUT2D eigenvalue weighted by molar-refractivity contribution is 0.0526. The van der Waals surface area contributed by atoms with Crippen molar-refractivity contribution < 1.29 is 9.53 Å². The monoisotopic (exact) mass is 1100 g/mol. The van der Waals surface area contributed by atoms with Crippen molar-refractivity contribution in [1.29, 1.82) is 0 Å². The molecule has 6 heteroatoms. The number of aromatic amines is 2. The molecule has 0 saturated heterocycles. The van der Waals surface area contributed by atoms with Crippen LogP contribution >= 0.6 is 0 Å². The normalized spacial score (nSPS) is 13.2. The van der Waals surface area contributed by atoms with E-state index in [9.17, 15) is 4.79 Å². The van der Waals surface area contributed by atoms with Gasteiger partial charge in [0.2, 0.25) is 0 Å². The van der Waals surface area contributed by atoms with Gasteiger partial charge in [-0.1, -0.05) is 216 Å². The van der Waals surface area contributed by atoms with Crippen LogP contribution < -0.4 is 0 Å². The molecule has 8 bridgehead atoms. The smallest absolute Gasteiger partial charge is 0.338 e.